The first-order valence-corrected chi connectivity index (χ1v) is 3.47. The largest absolute Gasteiger partial charge is 0.505 e. The molecule has 0 atom stereocenters. The number of aliphatic hydroxyl groups excluding tert-OH is 1. The topological polar surface area (TPSA) is 53.4 Å². The van der Waals surface area contributed by atoms with Crippen LogP contribution in [0.5, 0.6) is 5.75 Å². The van der Waals surface area contributed by atoms with E-state index in [0.29, 0.717) is 10.0 Å². The lowest BCUT2D eigenvalue weighted by atomic mass is 10.3. The second-order valence-corrected chi connectivity index (χ2v) is 2.58. The molecule has 0 aliphatic carbocycles. The molecule has 54 valence electrons. The molecule has 1 heterocycles. The quantitative estimate of drug-likeness (QED) is 0.718. The fourth-order valence-corrected chi connectivity index (χ4v) is 0.916. The molecule has 0 radical (unpaired) electrons. The van der Waals surface area contributed by atoms with Crippen molar-refractivity contribution in [3.05, 3.63) is 22.4 Å². The van der Waals surface area contributed by atoms with Crippen LogP contribution in [-0.4, -0.2) is 15.2 Å². The molecule has 1 rings (SSSR count). The van der Waals surface area contributed by atoms with E-state index in [1.54, 1.807) is 0 Å². The van der Waals surface area contributed by atoms with Crippen LogP contribution in [0.15, 0.2) is 16.9 Å². The maximum absolute atomic E-state index is 9.01. The Kier molecular flexibility index (Phi) is 2.24. The molecule has 0 aliphatic heterocycles. The summed E-state index contributed by atoms with van der Waals surface area (Å²) < 4.78 is 0.505. The van der Waals surface area contributed by atoms with Crippen LogP contribution >= 0.6 is 15.9 Å². The van der Waals surface area contributed by atoms with Crippen molar-refractivity contribution >= 4 is 15.9 Å². The highest BCUT2D eigenvalue weighted by Gasteiger charge is 2.02. The highest BCUT2D eigenvalue weighted by molar-refractivity contribution is 9.10. The minimum Gasteiger partial charge on any atom is -0.505 e. The zero-order chi connectivity index (χ0) is 7.56. The Balaban J connectivity index is 3.14. The zero-order valence-electron chi connectivity index (χ0n) is 5.08. The molecule has 0 bridgehead atoms. The molecule has 0 aliphatic rings. The standard InChI is InChI=1S/C6H6BrNO2/c7-6-4(3-9)1-8-2-5(6)10/h1-2,9-10H,3H2. The van der Waals surface area contributed by atoms with Crippen molar-refractivity contribution in [2.24, 2.45) is 0 Å². The fraction of sp³-hybridized carbons (Fsp3) is 0.167. The predicted molar refractivity (Wildman–Crippen MR) is 39.5 cm³/mol. The molecule has 0 aromatic carbocycles. The highest BCUT2D eigenvalue weighted by atomic mass is 79.9. The van der Waals surface area contributed by atoms with Crippen LogP contribution in [0.1, 0.15) is 5.56 Å². The fourth-order valence-electron chi connectivity index (χ4n) is 0.586. The molecule has 3 nitrogen and oxygen atoms in total. The van der Waals surface area contributed by atoms with Gasteiger partial charge in [-0.1, -0.05) is 0 Å². The van der Waals surface area contributed by atoms with Crippen molar-refractivity contribution in [3.63, 3.8) is 0 Å². The lowest BCUT2D eigenvalue weighted by molar-refractivity contribution is 0.279. The van der Waals surface area contributed by atoms with E-state index < -0.39 is 0 Å². The van der Waals surface area contributed by atoms with Crippen molar-refractivity contribution in [3.8, 4) is 5.75 Å². The number of hydrogen-bond acceptors (Lipinski definition) is 3. The van der Waals surface area contributed by atoms with Gasteiger partial charge >= 0.3 is 0 Å². The Hall–Kier alpha value is -0.610. The SMILES string of the molecule is OCc1cncc(O)c1Br. The molecule has 0 spiro atoms. The normalized spacial score (nSPS) is 9.80. The molecule has 0 saturated heterocycles. The highest BCUT2D eigenvalue weighted by Crippen LogP contribution is 2.25. The third kappa shape index (κ3) is 1.27. The second-order valence-electron chi connectivity index (χ2n) is 1.79. The zero-order valence-corrected chi connectivity index (χ0v) is 6.67. The Labute approximate surface area is 66.5 Å². The van der Waals surface area contributed by atoms with Crippen LogP contribution in [0, 0.1) is 0 Å². The summed E-state index contributed by atoms with van der Waals surface area (Å²) in [4.78, 5) is 3.68. The Morgan fingerprint density at radius 1 is 1.50 bits per heavy atom. The minimum atomic E-state index is -0.123. The van der Waals surface area contributed by atoms with E-state index in [2.05, 4.69) is 20.9 Å². The van der Waals surface area contributed by atoms with E-state index >= 15 is 0 Å². The summed E-state index contributed by atoms with van der Waals surface area (Å²) in [6, 6.07) is 0. The summed E-state index contributed by atoms with van der Waals surface area (Å²) >= 11 is 3.09. The number of hydrogen-bond donors (Lipinski definition) is 2. The van der Waals surface area contributed by atoms with Crippen molar-refractivity contribution in [2.75, 3.05) is 0 Å². The minimum absolute atomic E-state index is 0.0477. The Bertz CT molecular complexity index is 239. The van der Waals surface area contributed by atoms with Crippen molar-refractivity contribution in [1.29, 1.82) is 0 Å². The van der Waals surface area contributed by atoms with Crippen LogP contribution in [0.25, 0.3) is 0 Å². The molecule has 1 aromatic rings. The van der Waals surface area contributed by atoms with Gasteiger partial charge in [-0.15, -0.1) is 0 Å². The van der Waals surface area contributed by atoms with Gasteiger partial charge in [0.1, 0.15) is 5.75 Å². The van der Waals surface area contributed by atoms with Crippen LogP contribution in [-0.2, 0) is 6.61 Å². The van der Waals surface area contributed by atoms with Crippen LogP contribution in [0.4, 0.5) is 0 Å². The van der Waals surface area contributed by atoms with Gasteiger partial charge in [0.2, 0.25) is 0 Å². The molecular weight excluding hydrogens is 198 g/mol. The van der Waals surface area contributed by atoms with Gasteiger partial charge < -0.3 is 10.2 Å². The van der Waals surface area contributed by atoms with Gasteiger partial charge in [0, 0.05) is 11.8 Å². The summed E-state index contributed by atoms with van der Waals surface area (Å²) in [5.41, 5.74) is 0.583. The van der Waals surface area contributed by atoms with E-state index in [9.17, 15) is 0 Å². The molecule has 1 aromatic heterocycles. The number of rotatable bonds is 1. The summed E-state index contributed by atoms with van der Waals surface area (Å²) in [5.74, 6) is 0.0477. The number of pyridine rings is 1. The van der Waals surface area contributed by atoms with Crippen molar-refractivity contribution in [1.82, 2.24) is 4.98 Å². The van der Waals surface area contributed by atoms with Gasteiger partial charge in [-0.2, -0.15) is 0 Å². The monoisotopic (exact) mass is 203 g/mol. The average molecular weight is 204 g/mol. The Morgan fingerprint density at radius 3 is 2.70 bits per heavy atom. The predicted octanol–water partition coefficient (Wildman–Crippen LogP) is 1.04. The van der Waals surface area contributed by atoms with Crippen LogP contribution in [0.2, 0.25) is 0 Å². The number of nitrogens with zero attached hydrogens (tertiary/aromatic N) is 1. The lowest BCUT2D eigenvalue weighted by Gasteiger charge is -1.99. The first-order chi connectivity index (χ1) is 4.75. The molecule has 4 heteroatoms. The molecule has 2 N–H and O–H groups in total. The van der Waals surface area contributed by atoms with Gasteiger partial charge in [-0.05, 0) is 15.9 Å². The third-order valence-electron chi connectivity index (χ3n) is 1.10. The van der Waals surface area contributed by atoms with Gasteiger partial charge in [-0.3, -0.25) is 4.98 Å². The van der Waals surface area contributed by atoms with E-state index in [0.717, 1.165) is 0 Å². The molecule has 0 fully saturated rings. The summed E-state index contributed by atoms with van der Waals surface area (Å²) in [6.07, 6.45) is 2.80. The number of halogens is 1. The van der Waals surface area contributed by atoms with E-state index in [4.69, 9.17) is 10.2 Å². The second kappa shape index (κ2) is 2.98. The Morgan fingerprint density at radius 2 is 2.20 bits per heavy atom. The lowest BCUT2D eigenvalue weighted by Crippen LogP contribution is -1.86. The number of aromatic nitrogens is 1. The van der Waals surface area contributed by atoms with Crippen LogP contribution < -0.4 is 0 Å². The average Bonchev–Trinajstić information content (AvgIpc) is 1.95. The van der Waals surface area contributed by atoms with E-state index in [1.165, 1.54) is 12.4 Å². The maximum Gasteiger partial charge on any atom is 0.148 e. The molecule has 0 saturated carbocycles. The first kappa shape index (κ1) is 7.50. The summed E-state index contributed by atoms with van der Waals surface area (Å²) in [7, 11) is 0. The summed E-state index contributed by atoms with van der Waals surface area (Å²) in [6.45, 7) is -0.123. The van der Waals surface area contributed by atoms with Crippen molar-refractivity contribution < 1.29 is 10.2 Å². The van der Waals surface area contributed by atoms with Gasteiger partial charge in [-0.25, -0.2) is 0 Å². The van der Waals surface area contributed by atoms with Crippen molar-refractivity contribution in [2.45, 2.75) is 6.61 Å². The van der Waals surface area contributed by atoms with Gasteiger partial charge in [0.15, 0.2) is 0 Å². The van der Waals surface area contributed by atoms with E-state index in [1.807, 2.05) is 0 Å². The molecule has 0 amide bonds. The van der Waals surface area contributed by atoms with Gasteiger partial charge in [0.05, 0.1) is 17.3 Å². The molecular formula is C6H6BrNO2. The smallest absolute Gasteiger partial charge is 0.148 e. The molecule has 0 unspecified atom stereocenters. The first-order valence-electron chi connectivity index (χ1n) is 2.68. The van der Waals surface area contributed by atoms with Crippen LogP contribution in [0.3, 0.4) is 0 Å². The number of aliphatic hydroxyl groups is 1. The van der Waals surface area contributed by atoms with Gasteiger partial charge in [0.25, 0.3) is 0 Å². The summed E-state index contributed by atoms with van der Waals surface area (Å²) in [5, 5.41) is 17.7. The molecule has 10 heavy (non-hydrogen) atoms. The maximum atomic E-state index is 9.01. The van der Waals surface area contributed by atoms with E-state index in [-0.39, 0.29) is 12.4 Å². The number of aromatic hydroxyl groups is 1. The third-order valence-corrected chi connectivity index (χ3v) is 2.02.